The minimum absolute atomic E-state index is 0.0252. The number of carbonyl (C=O) groups is 2. The summed E-state index contributed by atoms with van der Waals surface area (Å²) in [7, 11) is 1.82. The predicted molar refractivity (Wildman–Crippen MR) is 205 cm³/mol. The van der Waals surface area contributed by atoms with Crippen LogP contribution in [0.1, 0.15) is 213 Å². The number of esters is 2. The Labute approximate surface area is 298 Å². The van der Waals surface area contributed by atoms with Gasteiger partial charge in [-0.3, -0.25) is 9.59 Å². The van der Waals surface area contributed by atoms with Crippen LogP contribution < -0.4 is 0 Å². The topological polar surface area (TPSA) is 61.8 Å². The molecule has 0 aromatic rings. The summed E-state index contributed by atoms with van der Waals surface area (Å²) in [6, 6.07) is 0. The summed E-state index contributed by atoms with van der Waals surface area (Å²) in [5, 5.41) is 0. The zero-order valence-electron chi connectivity index (χ0n) is 32.3. The summed E-state index contributed by atoms with van der Waals surface area (Å²) in [6.45, 7) is 5.59. The molecule has 5 heteroatoms. The highest BCUT2D eigenvalue weighted by atomic mass is 16.5. The number of carbonyl (C=O) groups excluding carboxylic acids is 2. The first kappa shape index (κ1) is 46.4. The Bertz CT molecular complexity index is 731. The van der Waals surface area contributed by atoms with Gasteiger partial charge in [-0.1, -0.05) is 147 Å². The molecule has 0 aliphatic heterocycles. The van der Waals surface area contributed by atoms with E-state index in [2.05, 4.69) is 38.2 Å². The van der Waals surface area contributed by atoms with E-state index < -0.39 is 0 Å². The molecule has 0 N–H and O–H groups in total. The molecule has 5 nitrogen and oxygen atoms in total. The van der Waals surface area contributed by atoms with E-state index in [1.165, 1.54) is 96.3 Å². The second-order valence-electron chi connectivity index (χ2n) is 13.9. The molecule has 1 unspecified atom stereocenters. The first-order chi connectivity index (χ1) is 23.6. The highest BCUT2D eigenvalue weighted by molar-refractivity contribution is 5.69. The Kier molecular flexibility index (Phi) is 38.5. The van der Waals surface area contributed by atoms with Crippen LogP contribution in [0.4, 0.5) is 0 Å². The molecule has 0 amide bonds. The van der Waals surface area contributed by atoms with Crippen molar-refractivity contribution in [2.45, 2.75) is 219 Å². The normalized spacial score (nSPS) is 12.3. The molecule has 0 saturated carbocycles. The van der Waals surface area contributed by atoms with E-state index in [-0.39, 0.29) is 11.9 Å². The van der Waals surface area contributed by atoms with Gasteiger partial charge in [0.1, 0.15) is 0 Å². The zero-order valence-corrected chi connectivity index (χ0v) is 32.3. The van der Waals surface area contributed by atoms with Crippen LogP contribution in [0.25, 0.3) is 0 Å². The summed E-state index contributed by atoms with van der Waals surface area (Å²) in [4.78, 5) is 24.0. The maximum Gasteiger partial charge on any atom is 0.305 e. The zero-order chi connectivity index (χ0) is 35.0. The number of methoxy groups -OCH3 is 1. The molecule has 0 fully saturated rings. The van der Waals surface area contributed by atoms with Gasteiger partial charge in [-0.25, -0.2) is 0 Å². The fourth-order valence-electron chi connectivity index (χ4n) is 5.97. The fraction of sp³-hybridized carbons (Fsp3) is 0.860. The van der Waals surface area contributed by atoms with Crippen LogP contribution in [0.2, 0.25) is 0 Å². The van der Waals surface area contributed by atoms with Gasteiger partial charge in [-0.05, 0) is 77.0 Å². The predicted octanol–water partition coefficient (Wildman–Crippen LogP) is 13.3. The minimum atomic E-state index is -0.0280. The molecule has 0 heterocycles. The SMILES string of the molecule is CCCC/C=C\CCCCCCCCC(=O)OCCCCCCC(CCCCCCOC(=O)CCCCCCC/C=C\CCCC)OC. The molecule has 0 aromatic heterocycles. The molecule has 0 bridgehead atoms. The number of ether oxygens (including phenoxy) is 3. The summed E-state index contributed by atoms with van der Waals surface area (Å²) in [6.07, 6.45) is 44.7. The molecular formula is C43H80O5. The van der Waals surface area contributed by atoms with Gasteiger partial charge in [-0.2, -0.15) is 0 Å². The van der Waals surface area contributed by atoms with Crippen LogP contribution in [0, 0.1) is 0 Å². The Morgan fingerprint density at radius 3 is 1.17 bits per heavy atom. The van der Waals surface area contributed by atoms with Crippen LogP contribution >= 0.6 is 0 Å². The van der Waals surface area contributed by atoms with Crippen molar-refractivity contribution in [1.29, 1.82) is 0 Å². The smallest absolute Gasteiger partial charge is 0.305 e. The molecule has 0 aromatic carbocycles. The average Bonchev–Trinajstić information content (AvgIpc) is 3.09. The van der Waals surface area contributed by atoms with Crippen LogP contribution in [-0.4, -0.2) is 38.4 Å². The Hall–Kier alpha value is -1.62. The van der Waals surface area contributed by atoms with Gasteiger partial charge >= 0.3 is 11.9 Å². The molecule has 1 atom stereocenters. The molecule has 0 radical (unpaired) electrons. The molecule has 0 spiro atoms. The van der Waals surface area contributed by atoms with Crippen LogP contribution in [0.15, 0.2) is 24.3 Å². The quantitative estimate of drug-likeness (QED) is 0.0370. The standard InChI is InChI=1S/C43H80O5/c1-4-6-8-10-12-14-16-18-20-22-24-32-38-43(45)48-40-34-28-26-30-36-41(46-3)35-29-25-27-33-39-47-42(44)37-31-23-21-19-17-15-13-11-9-7-5-2/h10-13,41H,4-9,14-40H2,1-3H3/b12-10-,13-11-. The minimum Gasteiger partial charge on any atom is -0.466 e. The van der Waals surface area contributed by atoms with Crippen molar-refractivity contribution in [2.75, 3.05) is 20.3 Å². The summed E-state index contributed by atoms with van der Waals surface area (Å²) >= 11 is 0. The maximum absolute atomic E-state index is 12.0. The third-order valence-corrected chi connectivity index (χ3v) is 9.24. The van der Waals surface area contributed by atoms with Gasteiger partial charge in [-0.15, -0.1) is 0 Å². The van der Waals surface area contributed by atoms with Gasteiger partial charge in [0.2, 0.25) is 0 Å². The number of hydrogen-bond donors (Lipinski definition) is 0. The van der Waals surface area contributed by atoms with Gasteiger partial charge < -0.3 is 14.2 Å². The number of rotatable bonds is 38. The van der Waals surface area contributed by atoms with Crippen LogP contribution in [-0.2, 0) is 23.8 Å². The lowest BCUT2D eigenvalue weighted by Crippen LogP contribution is -2.10. The third-order valence-electron chi connectivity index (χ3n) is 9.24. The summed E-state index contributed by atoms with van der Waals surface area (Å²) in [5.41, 5.74) is 0. The number of allylic oxidation sites excluding steroid dienone is 4. The van der Waals surface area contributed by atoms with E-state index in [0.29, 0.717) is 32.2 Å². The number of hydrogen-bond acceptors (Lipinski definition) is 5. The van der Waals surface area contributed by atoms with E-state index >= 15 is 0 Å². The highest BCUT2D eigenvalue weighted by Crippen LogP contribution is 2.16. The molecule has 0 aliphatic carbocycles. The highest BCUT2D eigenvalue weighted by Gasteiger charge is 2.08. The Morgan fingerprint density at radius 2 is 0.771 bits per heavy atom. The van der Waals surface area contributed by atoms with E-state index in [4.69, 9.17) is 14.2 Å². The number of unbranched alkanes of at least 4 members (excludes halogenated alkanes) is 21. The van der Waals surface area contributed by atoms with Crippen LogP contribution in [0.5, 0.6) is 0 Å². The van der Waals surface area contributed by atoms with Crippen molar-refractivity contribution in [1.82, 2.24) is 0 Å². The lowest BCUT2D eigenvalue weighted by molar-refractivity contribution is -0.144. The van der Waals surface area contributed by atoms with E-state index in [9.17, 15) is 9.59 Å². The molecule has 0 saturated heterocycles. The second kappa shape index (κ2) is 39.8. The third kappa shape index (κ3) is 37.2. The van der Waals surface area contributed by atoms with Crippen molar-refractivity contribution >= 4 is 11.9 Å². The van der Waals surface area contributed by atoms with E-state index in [1.54, 1.807) is 0 Å². The van der Waals surface area contributed by atoms with Crippen molar-refractivity contribution in [2.24, 2.45) is 0 Å². The van der Waals surface area contributed by atoms with Gasteiger partial charge in [0.05, 0.1) is 19.3 Å². The van der Waals surface area contributed by atoms with Gasteiger partial charge in [0, 0.05) is 20.0 Å². The molecule has 282 valence electrons. The Balaban J connectivity index is 3.45. The fourth-order valence-corrected chi connectivity index (χ4v) is 5.97. The maximum atomic E-state index is 12.0. The first-order valence-corrected chi connectivity index (χ1v) is 20.8. The first-order valence-electron chi connectivity index (χ1n) is 20.8. The lowest BCUT2D eigenvalue weighted by Gasteiger charge is -2.15. The molecule has 0 aliphatic rings. The second-order valence-corrected chi connectivity index (χ2v) is 13.9. The Morgan fingerprint density at radius 1 is 0.438 bits per heavy atom. The van der Waals surface area contributed by atoms with Crippen molar-refractivity contribution in [3.63, 3.8) is 0 Å². The molecule has 48 heavy (non-hydrogen) atoms. The van der Waals surface area contributed by atoms with Gasteiger partial charge in [0.25, 0.3) is 0 Å². The van der Waals surface area contributed by atoms with Crippen LogP contribution in [0.3, 0.4) is 0 Å². The summed E-state index contributed by atoms with van der Waals surface area (Å²) < 4.78 is 16.6. The average molecular weight is 677 g/mol. The lowest BCUT2D eigenvalue weighted by atomic mass is 10.0. The molecular weight excluding hydrogens is 596 g/mol. The molecule has 0 rings (SSSR count). The van der Waals surface area contributed by atoms with Gasteiger partial charge in [0.15, 0.2) is 0 Å². The summed E-state index contributed by atoms with van der Waals surface area (Å²) in [5.74, 6) is -0.0533. The largest absolute Gasteiger partial charge is 0.466 e. The van der Waals surface area contributed by atoms with E-state index in [0.717, 1.165) is 89.9 Å². The van der Waals surface area contributed by atoms with Crippen molar-refractivity contribution in [3.8, 4) is 0 Å². The van der Waals surface area contributed by atoms with Crippen molar-refractivity contribution < 1.29 is 23.8 Å². The monoisotopic (exact) mass is 677 g/mol. The van der Waals surface area contributed by atoms with Crippen molar-refractivity contribution in [3.05, 3.63) is 24.3 Å². The van der Waals surface area contributed by atoms with E-state index in [1.807, 2.05) is 7.11 Å².